The third kappa shape index (κ3) is 1.67. The molecule has 2 heterocycles. The van der Waals surface area contributed by atoms with Crippen LogP contribution in [-0.2, 0) is 6.42 Å². The summed E-state index contributed by atoms with van der Waals surface area (Å²) in [6.07, 6.45) is 1.16. The molecule has 1 N–H and O–H groups in total. The molecule has 0 radical (unpaired) electrons. The zero-order valence-corrected chi connectivity index (χ0v) is 10.1. The maximum Gasteiger partial charge on any atom is 0.0485 e. The van der Waals surface area contributed by atoms with Gasteiger partial charge in [-0.3, -0.25) is 4.90 Å². The van der Waals surface area contributed by atoms with Gasteiger partial charge in [-0.05, 0) is 17.5 Å². The summed E-state index contributed by atoms with van der Waals surface area (Å²) in [7, 11) is 0. The number of thioether (sulfide) groups is 1. The third-order valence-corrected chi connectivity index (χ3v) is 4.88. The van der Waals surface area contributed by atoms with Gasteiger partial charge in [-0.25, -0.2) is 0 Å². The van der Waals surface area contributed by atoms with Gasteiger partial charge < -0.3 is 5.11 Å². The van der Waals surface area contributed by atoms with Gasteiger partial charge in [0, 0.05) is 36.7 Å². The average molecular weight is 235 g/mol. The monoisotopic (exact) mass is 235 g/mol. The van der Waals surface area contributed by atoms with Gasteiger partial charge >= 0.3 is 0 Å². The molecule has 16 heavy (non-hydrogen) atoms. The summed E-state index contributed by atoms with van der Waals surface area (Å²) in [5.41, 5.74) is 2.93. The molecule has 0 amide bonds. The Bertz CT molecular complexity index is 382. The first-order valence-corrected chi connectivity index (χ1v) is 7.06. The Morgan fingerprint density at radius 2 is 2.25 bits per heavy atom. The van der Waals surface area contributed by atoms with Gasteiger partial charge in [-0.1, -0.05) is 24.3 Å². The minimum Gasteiger partial charge on any atom is -0.396 e. The Morgan fingerprint density at radius 3 is 3.12 bits per heavy atom. The minimum atomic E-state index is 0.308. The van der Waals surface area contributed by atoms with E-state index in [1.54, 1.807) is 0 Å². The first kappa shape index (κ1) is 10.6. The number of hydrogen-bond acceptors (Lipinski definition) is 3. The topological polar surface area (TPSA) is 23.5 Å². The molecule has 2 unspecified atom stereocenters. The maximum atomic E-state index is 9.52. The standard InChI is InChI=1S/C13H17NOS/c15-7-11-8-16-9-14-6-5-10-3-1-2-4-12(10)13(11)14/h1-4,11,13,15H,5-9H2. The van der Waals surface area contributed by atoms with E-state index in [2.05, 4.69) is 29.2 Å². The quantitative estimate of drug-likeness (QED) is 0.804. The fourth-order valence-corrected chi connectivity index (χ4v) is 4.13. The normalized spacial score (nSPS) is 29.6. The number of aliphatic hydroxyl groups is 1. The lowest BCUT2D eigenvalue weighted by Gasteiger charge is -2.44. The summed E-state index contributed by atoms with van der Waals surface area (Å²) in [5.74, 6) is 2.61. The number of aliphatic hydroxyl groups excluding tert-OH is 1. The predicted molar refractivity (Wildman–Crippen MR) is 67.5 cm³/mol. The zero-order valence-electron chi connectivity index (χ0n) is 9.30. The highest BCUT2D eigenvalue weighted by atomic mass is 32.2. The van der Waals surface area contributed by atoms with Gasteiger partial charge in [-0.15, -0.1) is 11.8 Å². The number of nitrogens with zero attached hydrogens (tertiary/aromatic N) is 1. The van der Waals surface area contributed by atoms with E-state index in [0.29, 0.717) is 18.6 Å². The second kappa shape index (κ2) is 4.40. The highest BCUT2D eigenvalue weighted by Gasteiger charge is 2.35. The summed E-state index contributed by atoms with van der Waals surface area (Å²) in [4.78, 5) is 2.53. The van der Waals surface area contributed by atoms with Crippen molar-refractivity contribution in [3.05, 3.63) is 35.4 Å². The van der Waals surface area contributed by atoms with Crippen LogP contribution in [0.15, 0.2) is 24.3 Å². The molecule has 0 spiro atoms. The smallest absolute Gasteiger partial charge is 0.0485 e. The van der Waals surface area contributed by atoms with Crippen LogP contribution in [0.25, 0.3) is 0 Å². The van der Waals surface area contributed by atoms with Crippen molar-refractivity contribution >= 4 is 11.8 Å². The van der Waals surface area contributed by atoms with Gasteiger partial charge in [0.15, 0.2) is 0 Å². The number of fused-ring (bicyclic) bond motifs is 3. The van der Waals surface area contributed by atoms with Crippen molar-refractivity contribution in [1.82, 2.24) is 4.90 Å². The van der Waals surface area contributed by atoms with E-state index in [4.69, 9.17) is 0 Å². The van der Waals surface area contributed by atoms with Crippen molar-refractivity contribution < 1.29 is 5.11 Å². The van der Waals surface area contributed by atoms with Crippen LogP contribution in [0.5, 0.6) is 0 Å². The van der Waals surface area contributed by atoms with E-state index in [1.165, 1.54) is 11.1 Å². The van der Waals surface area contributed by atoms with Crippen LogP contribution in [-0.4, -0.2) is 34.8 Å². The lowest BCUT2D eigenvalue weighted by atomic mass is 9.86. The Morgan fingerprint density at radius 1 is 1.38 bits per heavy atom. The second-order valence-electron chi connectivity index (χ2n) is 4.65. The third-order valence-electron chi connectivity index (χ3n) is 3.71. The van der Waals surface area contributed by atoms with Gasteiger partial charge in [0.25, 0.3) is 0 Å². The molecule has 0 bridgehead atoms. The molecule has 2 nitrogen and oxygen atoms in total. The first-order chi connectivity index (χ1) is 7.90. The Balaban J connectivity index is 2.00. The van der Waals surface area contributed by atoms with Crippen molar-refractivity contribution in [3.63, 3.8) is 0 Å². The fraction of sp³-hybridized carbons (Fsp3) is 0.538. The van der Waals surface area contributed by atoms with Crippen LogP contribution in [0.1, 0.15) is 17.2 Å². The molecule has 0 aromatic heterocycles. The fourth-order valence-electron chi connectivity index (χ4n) is 2.91. The van der Waals surface area contributed by atoms with Crippen LogP contribution in [0.2, 0.25) is 0 Å². The van der Waals surface area contributed by atoms with Gasteiger partial charge in [0.05, 0.1) is 0 Å². The molecule has 1 aromatic carbocycles. The molecule has 3 heteroatoms. The van der Waals surface area contributed by atoms with E-state index in [-0.39, 0.29) is 0 Å². The molecular formula is C13H17NOS. The van der Waals surface area contributed by atoms with Crippen molar-refractivity contribution in [2.45, 2.75) is 12.5 Å². The summed E-state index contributed by atoms with van der Waals surface area (Å²) in [6.45, 7) is 1.45. The van der Waals surface area contributed by atoms with E-state index >= 15 is 0 Å². The van der Waals surface area contributed by atoms with E-state index in [9.17, 15) is 5.11 Å². The zero-order chi connectivity index (χ0) is 11.0. The summed E-state index contributed by atoms with van der Waals surface area (Å²) < 4.78 is 0. The molecule has 2 atom stereocenters. The SMILES string of the molecule is OCC1CSCN2CCc3ccccc3C12. The van der Waals surface area contributed by atoms with E-state index in [1.807, 2.05) is 11.8 Å². The highest BCUT2D eigenvalue weighted by molar-refractivity contribution is 7.99. The molecule has 2 aliphatic heterocycles. The molecule has 1 aromatic rings. The van der Waals surface area contributed by atoms with Gasteiger partial charge in [0.1, 0.15) is 0 Å². The number of benzene rings is 1. The predicted octanol–water partition coefficient (Wildman–Crippen LogP) is 1.90. The summed E-state index contributed by atoms with van der Waals surface area (Å²) >= 11 is 1.95. The molecule has 0 aliphatic carbocycles. The van der Waals surface area contributed by atoms with Crippen LogP contribution < -0.4 is 0 Å². The van der Waals surface area contributed by atoms with Crippen molar-refractivity contribution in [1.29, 1.82) is 0 Å². The van der Waals surface area contributed by atoms with Gasteiger partial charge in [0.2, 0.25) is 0 Å². The Kier molecular flexibility index (Phi) is 2.92. The van der Waals surface area contributed by atoms with E-state index < -0.39 is 0 Å². The molecular weight excluding hydrogens is 218 g/mol. The lowest BCUT2D eigenvalue weighted by molar-refractivity contribution is 0.109. The largest absolute Gasteiger partial charge is 0.396 e. The van der Waals surface area contributed by atoms with Crippen LogP contribution in [0.4, 0.5) is 0 Å². The summed E-state index contributed by atoms with van der Waals surface area (Å²) in [5, 5.41) is 9.52. The average Bonchev–Trinajstić information content (AvgIpc) is 2.37. The van der Waals surface area contributed by atoms with E-state index in [0.717, 1.165) is 24.6 Å². The maximum absolute atomic E-state index is 9.52. The second-order valence-corrected chi connectivity index (χ2v) is 5.65. The van der Waals surface area contributed by atoms with Crippen LogP contribution >= 0.6 is 11.8 Å². The van der Waals surface area contributed by atoms with Crippen molar-refractivity contribution in [2.75, 3.05) is 24.8 Å². The molecule has 1 fully saturated rings. The van der Waals surface area contributed by atoms with Crippen molar-refractivity contribution in [2.24, 2.45) is 5.92 Å². The highest BCUT2D eigenvalue weighted by Crippen LogP contribution is 2.40. The molecule has 2 aliphatic rings. The number of hydrogen-bond donors (Lipinski definition) is 1. The molecule has 86 valence electrons. The Labute approximate surface area is 101 Å². The molecule has 1 saturated heterocycles. The van der Waals surface area contributed by atoms with Crippen LogP contribution in [0.3, 0.4) is 0 Å². The lowest BCUT2D eigenvalue weighted by Crippen LogP contribution is -2.44. The molecule has 3 rings (SSSR count). The number of rotatable bonds is 1. The first-order valence-electron chi connectivity index (χ1n) is 5.90. The van der Waals surface area contributed by atoms with Gasteiger partial charge in [-0.2, -0.15) is 0 Å². The molecule has 0 saturated carbocycles. The summed E-state index contributed by atoms with van der Waals surface area (Å²) in [6, 6.07) is 9.18. The van der Waals surface area contributed by atoms with Crippen LogP contribution in [0, 0.1) is 5.92 Å². The minimum absolute atomic E-state index is 0.308. The Hall–Kier alpha value is -0.510. The van der Waals surface area contributed by atoms with Crippen molar-refractivity contribution in [3.8, 4) is 0 Å².